The highest BCUT2D eigenvalue weighted by Crippen LogP contribution is 1.90. The fraction of sp³-hybridized carbons (Fsp3) is 0.375. The Bertz CT molecular complexity index is 225. The van der Waals surface area contributed by atoms with Crippen LogP contribution in [-0.4, -0.2) is 12.8 Å². The van der Waals surface area contributed by atoms with Gasteiger partial charge >= 0.3 is 0 Å². The van der Waals surface area contributed by atoms with E-state index in [1.807, 2.05) is 13.8 Å². The van der Waals surface area contributed by atoms with Crippen molar-refractivity contribution in [2.24, 2.45) is 0 Å². The lowest BCUT2D eigenvalue weighted by molar-refractivity contribution is 0.629. The van der Waals surface area contributed by atoms with Gasteiger partial charge in [-0.15, -0.1) is 0 Å². The van der Waals surface area contributed by atoms with Crippen LogP contribution >= 0.6 is 0 Å². The van der Waals surface area contributed by atoms with Crippen LogP contribution in [-0.2, 0) is 0 Å². The highest BCUT2D eigenvalue weighted by molar-refractivity contribution is 6.32. The molecule has 3 heteroatoms. The fourth-order valence-electron chi connectivity index (χ4n) is 0.564. The molecule has 1 aromatic heterocycles. The van der Waals surface area contributed by atoms with Crippen LogP contribution in [0.15, 0.2) is 12.3 Å². The molecule has 1 nitrogen and oxygen atoms in total. The first kappa shape index (κ1) is 10.1. The summed E-state index contributed by atoms with van der Waals surface area (Å²) >= 11 is 0. The van der Waals surface area contributed by atoms with Gasteiger partial charge in [0.1, 0.15) is 13.7 Å². The number of hydrogen-bond acceptors (Lipinski definition) is 1. The number of aryl methyl sites for hydroxylation is 1. The molecule has 1 rings (SSSR count). The van der Waals surface area contributed by atoms with Gasteiger partial charge in [0, 0.05) is 5.69 Å². The number of rotatable bonds is 0. The zero-order valence-corrected chi connectivity index (χ0v) is 7.06. The van der Waals surface area contributed by atoms with E-state index in [1.165, 1.54) is 6.07 Å². The first-order valence-corrected chi connectivity index (χ1v) is 3.58. The Labute approximate surface area is 68.1 Å². The summed E-state index contributed by atoms with van der Waals surface area (Å²) in [6.45, 7) is 5.76. The summed E-state index contributed by atoms with van der Waals surface area (Å²) in [4.78, 5) is 3.68. The second-order valence-electron chi connectivity index (χ2n) is 1.85. The smallest absolute Gasteiger partial charge is 0.134 e. The van der Waals surface area contributed by atoms with Crippen LogP contribution in [0.3, 0.4) is 0 Å². The van der Waals surface area contributed by atoms with Crippen molar-refractivity contribution in [1.29, 1.82) is 0 Å². The fourth-order valence-corrected chi connectivity index (χ4v) is 0.564. The number of halogens is 1. The van der Waals surface area contributed by atoms with E-state index in [0.29, 0.717) is 0 Å². The van der Waals surface area contributed by atoms with E-state index in [1.54, 1.807) is 6.92 Å². The van der Waals surface area contributed by atoms with Gasteiger partial charge in [-0.2, -0.15) is 0 Å². The van der Waals surface area contributed by atoms with Crippen LogP contribution in [0.1, 0.15) is 19.5 Å². The van der Waals surface area contributed by atoms with Crippen LogP contribution in [0, 0.1) is 12.7 Å². The number of hydrogen-bond donors (Lipinski definition) is 0. The molecule has 1 aromatic rings. The molecule has 1 heterocycles. The van der Waals surface area contributed by atoms with E-state index in [2.05, 4.69) is 4.98 Å². The highest BCUT2D eigenvalue weighted by atomic mass is 19.1. The van der Waals surface area contributed by atoms with Crippen molar-refractivity contribution < 1.29 is 4.39 Å². The largest absolute Gasteiger partial charge is 0.259 e. The lowest BCUT2D eigenvalue weighted by Crippen LogP contribution is -2.09. The van der Waals surface area contributed by atoms with Crippen molar-refractivity contribution >= 4 is 13.3 Å². The minimum Gasteiger partial charge on any atom is -0.259 e. The second kappa shape index (κ2) is 4.88. The zero-order valence-electron chi connectivity index (χ0n) is 7.06. The number of pyridine rings is 1. The lowest BCUT2D eigenvalue weighted by atomic mass is 9.96. The van der Waals surface area contributed by atoms with Gasteiger partial charge in [-0.1, -0.05) is 19.3 Å². The van der Waals surface area contributed by atoms with Crippen LogP contribution in [0.2, 0.25) is 0 Å². The molecule has 0 unspecified atom stereocenters. The van der Waals surface area contributed by atoms with Gasteiger partial charge in [0.25, 0.3) is 0 Å². The van der Waals surface area contributed by atoms with E-state index >= 15 is 0 Å². The van der Waals surface area contributed by atoms with Crippen molar-refractivity contribution in [3.63, 3.8) is 0 Å². The van der Waals surface area contributed by atoms with Crippen LogP contribution in [0.5, 0.6) is 0 Å². The van der Waals surface area contributed by atoms with Gasteiger partial charge in [-0.05, 0) is 13.0 Å². The molecule has 0 saturated carbocycles. The van der Waals surface area contributed by atoms with E-state index in [0.717, 1.165) is 11.9 Å². The molecule has 0 aliphatic rings. The topological polar surface area (TPSA) is 12.9 Å². The first-order valence-electron chi connectivity index (χ1n) is 3.58. The number of aromatic nitrogens is 1. The predicted octanol–water partition coefficient (Wildman–Crippen LogP) is 1.35. The maximum Gasteiger partial charge on any atom is 0.134 e. The Morgan fingerprint density at radius 1 is 1.45 bits per heavy atom. The first-order chi connectivity index (χ1) is 5.20. The summed E-state index contributed by atoms with van der Waals surface area (Å²) in [6.07, 6.45) is 1.12. The van der Waals surface area contributed by atoms with Crippen LogP contribution < -0.4 is 5.46 Å². The van der Waals surface area contributed by atoms with Gasteiger partial charge in [-0.25, -0.2) is 4.39 Å². The van der Waals surface area contributed by atoms with Crippen molar-refractivity contribution in [1.82, 2.24) is 4.98 Å². The molecule has 2 radical (unpaired) electrons. The maximum absolute atomic E-state index is 12.3. The summed E-state index contributed by atoms with van der Waals surface area (Å²) in [5.74, 6) is -0.458. The molecule has 0 saturated heterocycles. The Hall–Kier alpha value is -0.855. The van der Waals surface area contributed by atoms with Gasteiger partial charge < -0.3 is 0 Å². The van der Waals surface area contributed by atoms with Crippen molar-refractivity contribution in [3.8, 4) is 0 Å². The second-order valence-corrected chi connectivity index (χ2v) is 1.85. The summed E-state index contributed by atoms with van der Waals surface area (Å²) in [7, 11) is 5.21. The molecule has 0 aliphatic carbocycles. The summed E-state index contributed by atoms with van der Waals surface area (Å²) in [5.41, 5.74) is 0.886. The highest BCUT2D eigenvalue weighted by Gasteiger charge is 1.93. The molecule has 58 valence electrons. The Morgan fingerprint density at radius 3 is 2.36 bits per heavy atom. The third-order valence-corrected chi connectivity index (χ3v) is 1.02. The Balaban J connectivity index is 0.000000461. The summed E-state index contributed by atoms with van der Waals surface area (Å²) in [6, 6.07) is 1.50. The molecule has 0 atom stereocenters. The Kier molecular flexibility index (Phi) is 4.50. The molecule has 11 heavy (non-hydrogen) atoms. The van der Waals surface area contributed by atoms with E-state index in [4.69, 9.17) is 7.85 Å². The molecular formula is C8H11BFN. The van der Waals surface area contributed by atoms with Crippen molar-refractivity contribution in [2.45, 2.75) is 20.8 Å². The van der Waals surface area contributed by atoms with Crippen molar-refractivity contribution in [2.75, 3.05) is 0 Å². The quantitative estimate of drug-likeness (QED) is 0.510. The average molecular weight is 151 g/mol. The third-order valence-electron chi connectivity index (χ3n) is 1.02. The average Bonchev–Trinajstić information content (AvgIpc) is 2.02. The van der Waals surface area contributed by atoms with Gasteiger partial charge in [0.05, 0.1) is 6.20 Å². The van der Waals surface area contributed by atoms with Crippen LogP contribution in [0.25, 0.3) is 0 Å². The summed E-state index contributed by atoms with van der Waals surface area (Å²) < 4.78 is 12.3. The predicted molar refractivity (Wildman–Crippen MR) is 45.7 cm³/mol. The van der Waals surface area contributed by atoms with Gasteiger partial charge in [0.2, 0.25) is 0 Å². The molecule has 0 amide bonds. The van der Waals surface area contributed by atoms with Gasteiger partial charge in [0.15, 0.2) is 0 Å². The standard InChI is InChI=1S/C6H5BFN.C2H6/c1-4-2-5(7)6(8)3-9-4;1-2/h2-3H,1H3;1-2H3. The third kappa shape index (κ3) is 3.17. The monoisotopic (exact) mass is 151 g/mol. The summed E-state index contributed by atoms with van der Waals surface area (Å²) in [5, 5.41) is 0. The SMILES string of the molecule is CC.[B]c1cc(C)ncc1F. The maximum atomic E-state index is 12.3. The minimum atomic E-state index is -0.458. The zero-order chi connectivity index (χ0) is 8.85. The Morgan fingerprint density at radius 2 is 2.00 bits per heavy atom. The van der Waals surface area contributed by atoms with E-state index in [9.17, 15) is 4.39 Å². The van der Waals surface area contributed by atoms with Crippen molar-refractivity contribution in [3.05, 3.63) is 23.8 Å². The molecular weight excluding hydrogens is 140 g/mol. The van der Waals surface area contributed by atoms with Gasteiger partial charge in [-0.3, -0.25) is 4.98 Å². The molecule has 0 aliphatic heterocycles. The molecule has 0 aromatic carbocycles. The molecule has 0 fully saturated rings. The molecule has 0 bridgehead atoms. The number of nitrogens with zero attached hydrogens (tertiary/aromatic N) is 1. The van der Waals surface area contributed by atoms with Crippen LogP contribution in [0.4, 0.5) is 4.39 Å². The minimum absolute atomic E-state index is 0.155. The molecule has 0 N–H and O–H groups in total. The lowest BCUT2D eigenvalue weighted by Gasteiger charge is -1.94. The van der Waals surface area contributed by atoms with E-state index in [-0.39, 0.29) is 5.46 Å². The normalized spacial score (nSPS) is 8.36. The molecule has 0 spiro atoms. The van der Waals surface area contributed by atoms with E-state index < -0.39 is 5.82 Å².